The van der Waals surface area contributed by atoms with Crippen LogP contribution in [0.5, 0.6) is 0 Å². The first-order valence-corrected chi connectivity index (χ1v) is 3.39. The lowest BCUT2D eigenvalue weighted by Gasteiger charge is -2.13. The van der Waals surface area contributed by atoms with E-state index in [2.05, 4.69) is 0 Å². The van der Waals surface area contributed by atoms with Crippen molar-refractivity contribution in [3.8, 4) is 0 Å². The van der Waals surface area contributed by atoms with Crippen molar-refractivity contribution in [2.45, 2.75) is 12.4 Å². The molecule has 0 saturated carbocycles. The zero-order chi connectivity index (χ0) is 6.81. The number of hydrogen-bond acceptors (Lipinski definition) is 4. The highest BCUT2D eigenvalue weighted by molar-refractivity contribution is 4.67. The van der Waals surface area contributed by atoms with E-state index in [4.69, 9.17) is 18.9 Å². The Morgan fingerprint density at radius 3 is 2.40 bits per heavy atom. The van der Waals surface area contributed by atoms with Gasteiger partial charge in [-0.15, -0.1) is 0 Å². The lowest BCUT2D eigenvalue weighted by Crippen LogP contribution is -2.28. The summed E-state index contributed by atoms with van der Waals surface area (Å²) in [7, 11) is 0. The van der Waals surface area contributed by atoms with Crippen molar-refractivity contribution < 1.29 is 18.9 Å². The van der Waals surface area contributed by atoms with Gasteiger partial charge >= 0.3 is 0 Å². The summed E-state index contributed by atoms with van der Waals surface area (Å²) in [5.74, 6) is 0. The monoisotopic (exact) mass is 146 g/mol. The van der Waals surface area contributed by atoms with Gasteiger partial charge in [-0.2, -0.15) is 0 Å². The minimum Gasteiger partial charge on any atom is -0.353 e. The van der Waals surface area contributed by atoms with Crippen LogP contribution < -0.4 is 0 Å². The topological polar surface area (TPSA) is 36.9 Å². The molecule has 4 nitrogen and oxygen atoms in total. The maximum absolute atomic E-state index is 5.21. The Balaban J connectivity index is 1.85. The first-order valence-electron chi connectivity index (χ1n) is 3.39. The molecule has 0 spiro atoms. The quantitative estimate of drug-likeness (QED) is 0.510. The van der Waals surface area contributed by atoms with Gasteiger partial charge in [0.2, 0.25) is 0 Å². The van der Waals surface area contributed by atoms with Crippen LogP contribution in [0.1, 0.15) is 0 Å². The Hall–Kier alpha value is -0.160. The molecule has 0 aromatic rings. The highest BCUT2D eigenvalue weighted by Gasteiger charge is 2.30. The molecule has 0 radical (unpaired) electrons. The van der Waals surface area contributed by atoms with Crippen LogP contribution in [0.2, 0.25) is 0 Å². The molecule has 2 heterocycles. The van der Waals surface area contributed by atoms with Crippen LogP contribution in [0.15, 0.2) is 0 Å². The van der Waals surface area contributed by atoms with E-state index in [-0.39, 0.29) is 12.4 Å². The maximum atomic E-state index is 5.21. The third-order valence-corrected chi connectivity index (χ3v) is 1.60. The molecule has 0 bridgehead atoms. The molecule has 2 fully saturated rings. The molecule has 58 valence electrons. The highest BCUT2D eigenvalue weighted by Crippen LogP contribution is 2.15. The van der Waals surface area contributed by atoms with Crippen molar-refractivity contribution in [1.82, 2.24) is 0 Å². The normalized spacial score (nSPS) is 35.4. The average Bonchev–Trinajstić information content (AvgIpc) is 2.59. The van der Waals surface area contributed by atoms with Crippen molar-refractivity contribution in [2.75, 3.05) is 26.6 Å². The van der Waals surface area contributed by atoms with Crippen LogP contribution in [0.25, 0.3) is 0 Å². The molecule has 2 aliphatic rings. The number of rotatable bonds is 1. The van der Waals surface area contributed by atoms with Crippen LogP contribution in [0.3, 0.4) is 0 Å². The van der Waals surface area contributed by atoms with E-state index in [1.807, 2.05) is 0 Å². The summed E-state index contributed by atoms with van der Waals surface area (Å²) >= 11 is 0. The molecule has 0 aromatic heterocycles. The fourth-order valence-corrected chi connectivity index (χ4v) is 1.10. The van der Waals surface area contributed by atoms with Gasteiger partial charge in [0, 0.05) is 0 Å². The van der Waals surface area contributed by atoms with Gasteiger partial charge in [0.15, 0.2) is 6.29 Å². The Morgan fingerprint density at radius 1 is 1.00 bits per heavy atom. The summed E-state index contributed by atoms with van der Waals surface area (Å²) in [6.45, 7) is 2.30. The van der Waals surface area contributed by atoms with Gasteiger partial charge in [-0.3, -0.25) is 0 Å². The first kappa shape index (κ1) is 6.54. The molecule has 0 aliphatic carbocycles. The van der Waals surface area contributed by atoms with Crippen LogP contribution in [0, 0.1) is 0 Å². The molecule has 2 aliphatic heterocycles. The largest absolute Gasteiger partial charge is 0.353 e. The molecular weight excluding hydrogens is 136 g/mol. The van der Waals surface area contributed by atoms with Crippen LogP contribution in [-0.4, -0.2) is 39.0 Å². The Labute approximate surface area is 59.0 Å². The van der Waals surface area contributed by atoms with Crippen molar-refractivity contribution in [1.29, 1.82) is 0 Å². The Morgan fingerprint density at radius 2 is 1.80 bits per heavy atom. The average molecular weight is 146 g/mol. The highest BCUT2D eigenvalue weighted by atomic mass is 16.8. The van der Waals surface area contributed by atoms with E-state index in [0.29, 0.717) is 26.6 Å². The van der Waals surface area contributed by atoms with E-state index >= 15 is 0 Å². The van der Waals surface area contributed by atoms with Gasteiger partial charge in [-0.25, -0.2) is 0 Å². The SMILES string of the molecule is C1OCC(C2OCCO2)O1. The van der Waals surface area contributed by atoms with Gasteiger partial charge < -0.3 is 18.9 Å². The number of hydrogen-bond donors (Lipinski definition) is 0. The summed E-state index contributed by atoms with van der Waals surface area (Å²) in [5.41, 5.74) is 0. The molecule has 4 heteroatoms. The van der Waals surface area contributed by atoms with Gasteiger partial charge in [-0.1, -0.05) is 0 Å². The third-order valence-electron chi connectivity index (χ3n) is 1.60. The minimum atomic E-state index is -0.192. The maximum Gasteiger partial charge on any atom is 0.186 e. The van der Waals surface area contributed by atoms with Crippen LogP contribution >= 0.6 is 0 Å². The van der Waals surface area contributed by atoms with Crippen LogP contribution in [0.4, 0.5) is 0 Å². The van der Waals surface area contributed by atoms with Gasteiger partial charge in [0.25, 0.3) is 0 Å². The molecular formula is C6H10O4. The fraction of sp³-hybridized carbons (Fsp3) is 1.00. The zero-order valence-electron chi connectivity index (χ0n) is 5.62. The predicted octanol–water partition coefficient (Wildman–Crippen LogP) is -0.268. The molecule has 2 rings (SSSR count). The van der Waals surface area contributed by atoms with Gasteiger partial charge in [0.05, 0.1) is 19.8 Å². The summed E-state index contributed by atoms with van der Waals surface area (Å²) in [4.78, 5) is 0. The first-order chi connectivity index (χ1) is 4.97. The molecule has 1 atom stereocenters. The summed E-state index contributed by atoms with van der Waals surface area (Å²) in [6, 6.07) is 0. The Bertz CT molecular complexity index is 90.3. The second-order valence-corrected chi connectivity index (χ2v) is 2.30. The summed E-state index contributed by atoms with van der Waals surface area (Å²) in [5, 5.41) is 0. The Kier molecular flexibility index (Phi) is 1.86. The summed E-state index contributed by atoms with van der Waals surface area (Å²) < 4.78 is 20.6. The zero-order valence-corrected chi connectivity index (χ0v) is 5.62. The molecule has 0 N–H and O–H groups in total. The second kappa shape index (κ2) is 2.84. The number of ether oxygens (including phenoxy) is 4. The summed E-state index contributed by atoms with van der Waals surface area (Å²) in [6.07, 6.45) is -0.204. The van der Waals surface area contributed by atoms with E-state index in [0.717, 1.165) is 0 Å². The van der Waals surface area contributed by atoms with E-state index in [1.165, 1.54) is 0 Å². The molecule has 0 aromatic carbocycles. The van der Waals surface area contributed by atoms with Crippen molar-refractivity contribution in [3.63, 3.8) is 0 Å². The molecule has 0 amide bonds. The van der Waals surface area contributed by atoms with E-state index in [1.54, 1.807) is 0 Å². The fourth-order valence-electron chi connectivity index (χ4n) is 1.10. The van der Waals surface area contributed by atoms with Crippen molar-refractivity contribution in [2.24, 2.45) is 0 Å². The predicted molar refractivity (Wildman–Crippen MR) is 31.4 cm³/mol. The van der Waals surface area contributed by atoms with Gasteiger partial charge in [0.1, 0.15) is 12.9 Å². The molecule has 2 saturated heterocycles. The molecule has 1 unspecified atom stereocenters. The van der Waals surface area contributed by atoms with E-state index < -0.39 is 0 Å². The standard InChI is InChI=1S/C6H10O4/c1-2-9-6(8-1)5-3-7-4-10-5/h5-6H,1-4H2. The van der Waals surface area contributed by atoms with Crippen molar-refractivity contribution in [3.05, 3.63) is 0 Å². The van der Waals surface area contributed by atoms with Gasteiger partial charge in [-0.05, 0) is 0 Å². The van der Waals surface area contributed by atoms with Crippen LogP contribution in [-0.2, 0) is 18.9 Å². The molecule has 10 heavy (non-hydrogen) atoms. The van der Waals surface area contributed by atoms with E-state index in [9.17, 15) is 0 Å². The minimum absolute atomic E-state index is 0.0116. The third kappa shape index (κ3) is 1.15. The van der Waals surface area contributed by atoms with Crippen molar-refractivity contribution >= 4 is 0 Å². The smallest absolute Gasteiger partial charge is 0.186 e. The lowest BCUT2D eigenvalue weighted by atomic mass is 10.4. The lowest BCUT2D eigenvalue weighted by molar-refractivity contribution is -0.122. The second-order valence-electron chi connectivity index (χ2n) is 2.30.